The molecule has 1 aliphatic carbocycles. The second kappa shape index (κ2) is 17.0. The summed E-state index contributed by atoms with van der Waals surface area (Å²) in [7, 11) is -4.67. The summed E-state index contributed by atoms with van der Waals surface area (Å²) in [5.41, 5.74) is 5.49. The number of hydrogen-bond acceptors (Lipinski definition) is 14. The van der Waals surface area contributed by atoms with E-state index in [2.05, 4.69) is 56.0 Å². The molecule has 3 aromatic carbocycles. The zero-order chi connectivity index (χ0) is 45.2. The molecule has 1 spiro atoms. The molecule has 1 amide bonds. The zero-order valence-corrected chi connectivity index (χ0v) is 37.7. The molecule has 5 aromatic rings. The van der Waals surface area contributed by atoms with Gasteiger partial charge >= 0.3 is 0 Å². The van der Waals surface area contributed by atoms with Crippen molar-refractivity contribution < 1.29 is 37.1 Å². The van der Waals surface area contributed by atoms with Crippen LogP contribution in [0.5, 0.6) is 11.6 Å². The topological polar surface area (TPSA) is 194 Å². The Kier molecular flexibility index (Phi) is 11.0. The number of hydrogen-bond donors (Lipinski definition) is 3. The Hall–Kier alpha value is -5.95. The Morgan fingerprint density at radius 2 is 1.79 bits per heavy atom. The number of pyridine rings is 1. The number of nitro groups is 1. The van der Waals surface area contributed by atoms with E-state index in [1.54, 1.807) is 12.3 Å². The highest BCUT2D eigenvalue weighted by atomic mass is 32.2. The van der Waals surface area contributed by atoms with E-state index in [9.17, 15) is 23.3 Å². The van der Waals surface area contributed by atoms with Crippen LogP contribution in [0.15, 0.2) is 77.8 Å². The Bertz CT molecular complexity index is 2800. The number of aromatic nitrogens is 2. The summed E-state index contributed by atoms with van der Waals surface area (Å²) in [4.78, 5) is 40.8. The minimum Gasteiger partial charge on any atom is -0.489 e. The normalized spacial score (nSPS) is 23.2. The molecule has 4 fully saturated rings. The molecule has 0 radical (unpaired) electrons. The molecule has 11 rings (SSSR count). The number of aromatic amines is 1. The second-order valence-corrected chi connectivity index (χ2v) is 20.3. The molecule has 6 aliphatic rings. The van der Waals surface area contributed by atoms with E-state index in [4.69, 9.17) is 23.9 Å². The van der Waals surface area contributed by atoms with Gasteiger partial charge in [-0.05, 0) is 105 Å². The fourth-order valence-corrected chi connectivity index (χ4v) is 12.2. The lowest BCUT2D eigenvalue weighted by Crippen LogP contribution is -2.54. The molecular weight excluding hydrogens is 865 g/mol. The molecule has 346 valence electrons. The Labute approximate surface area is 382 Å². The Morgan fingerprint density at radius 3 is 2.59 bits per heavy atom. The van der Waals surface area contributed by atoms with Gasteiger partial charge in [-0.25, -0.2) is 13.1 Å². The smallest absolute Gasteiger partial charge is 0.297 e. The van der Waals surface area contributed by atoms with Crippen LogP contribution in [0.3, 0.4) is 0 Å². The van der Waals surface area contributed by atoms with E-state index >= 15 is 0 Å². The van der Waals surface area contributed by atoms with Crippen LogP contribution in [-0.4, -0.2) is 112 Å². The molecule has 17 nitrogen and oxygen atoms in total. The standard InChI is InChI=1S/C48H54N8O9S/c1-30-6-2-3-7-35(30)38-8-4-15-54(38)33-26-48(27-33)12-17-53(18-13-48)32-9-10-36(39(23-32)55-16-5-19-64-47-41(55)22-31-11-14-49-45(31)51-47)46(57)52-66(60,61)34-24-40(56(58)59)44-42(25-34)65-28-37(50-44)43-29-62-20-21-63-43/h2-3,6-7,9-11,14,22-25,33,37-38,43,50H,4-5,8,12-13,15-21,26-29H2,1H3,(H,49,51)(H,52,57)/t37-,38+,43-/m1/s1. The lowest BCUT2D eigenvalue weighted by atomic mass is 9.59. The van der Waals surface area contributed by atoms with Crippen LogP contribution in [0.1, 0.15) is 72.5 Å². The van der Waals surface area contributed by atoms with Crippen LogP contribution in [0.4, 0.5) is 28.4 Å². The minimum atomic E-state index is -4.67. The van der Waals surface area contributed by atoms with E-state index in [1.807, 2.05) is 29.2 Å². The van der Waals surface area contributed by atoms with Crippen LogP contribution in [0.25, 0.3) is 11.0 Å². The summed E-state index contributed by atoms with van der Waals surface area (Å²) in [6.07, 6.45) is 8.97. The van der Waals surface area contributed by atoms with Gasteiger partial charge in [-0.2, -0.15) is 4.98 Å². The van der Waals surface area contributed by atoms with Gasteiger partial charge in [0.1, 0.15) is 24.0 Å². The molecule has 2 aromatic heterocycles. The third kappa shape index (κ3) is 7.86. The Morgan fingerprint density at radius 1 is 0.939 bits per heavy atom. The number of anilines is 4. The van der Waals surface area contributed by atoms with Crippen molar-refractivity contribution >= 4 is 55.4 Å². The maximum atomic E-state index is 14.5. The largest absolute Gasteiger partial charge is 0.489 e. The first-order chi connectivity index (χ1) is 32.0. The highest BCUT2D eigenvalue weighted by Gasteiger charge is 2.50. The van der Waals surface area contributed by atoms with Crippen molar-refractivity contribution in [3.63, 3.8) is 0 Å². The van der Waals surface area contributed by atoms with Crippen LogP contribution in [0, 0.1) is 22.5 Å². The second-order valence-electron chi connectivity index (χ2n) is 18.6. The number of piperidine rings is 1. The summed E-state index contributed by atoms with van der Waals surface area (Å²) in [5, 5.41) is 16.4. The number of carbonyl (C=O) groups is 1. The average Bonchev–Trinajstić information content (AvgIpc) is 3.95. The van der Waals surface area contributed by atoms with Gasteiger partial charge in [0.05, 0.1) is 53.5 Å². The number of nitrogens with zero attached hydrogens (tertiary/aromatic N) is 5. The highest BCUT2D eigenvalue weighted by molar-refractivity contribution is 7.90. The number of sulfonamides is 1. The molecule has 0 unspecified atom stereocenters. The van der Waals surface area contributed by atoms with Gasteiger partial charge < -0.3 is 39.0 Å². The van der Waals surface area contributed by atoms with Crippen LogP contribution < -0.4 is 29.3 Å². The summed E-state index contributed by atoms with van der Waals surface area (Å²) < 4.78 is 53.9. The van der Waals surface area contributed by atoms with E-state index < -0.39 is 43.6 Å². The van der Waals surface area contributed by atoms with Gasteiger partial charge in [-0.15, -0.1) is 0 Å². The van der Waals surface area contributed by atoms with E-state index in [0.29, 0.717) is 73.2 Å². The van der Waals surface area contributed by atoms with Gasteiger partial charge in [0, 0.05) is 61.1 Å². The van der Waals surface area contributed by atoms with Gasteiger partial charge in [0.15, 0.2) is 11.4 Å². The molecule has 1 saturated carbocycles. The van der Waals surface area contributed by atoms with E-state index in [1.165, 1.54) is 42.9 Å². The SMILES string of the molecule is Cc1ccccc1[C@@H]1CCCN1C1CC2(CCN(c3ccc(C(=O)NS(=O)(=O)c4cc5c(c([N+](=O)[O-])c4)N[C@@H]([C@H]4COCCO4)CO5)c(N4CCCOc5nc6[nH]ccc6cc54)c3)CC2)C1. The fourth-order valence-electron chi connectivity index (χ4n) is 11.2. The van der Waals surface area contributed by atoms with Crippen molar-refractivity contribution in [2.24, 2.45) is 5.41 Å². The van der Waals surface area contributed by atoms with Gasteiger partial charge in [-0.3, -0.25) is 19.8 Å². The lowest BCUT2D eigenvalue weighted by molar-refractivity contribution is -0.384. The molecule has 5 aliphatic heterocycles. The number of likely N-dealkylation sites (tertiary alicyclic amines) is 1. The molecular formula is C48H54N8O9S. The number of fused-ring (bicyclic) bond motifs is 3. The van der Waals surface area contributed by atoms with Crippen molar-refractivity contribution in [1.82, 2.24) is 19.6 Å². The quantitative estimate of drug-likeness (QED) is 0.101. The molecule has 3 saturated heterocycles. The monoisotopic (exact) mass is 918 g/mol. The predicted molar refractivity (Wildman–Crippen MR) is 248 cm³/mol. The van der Waals surface area contributed by atoms with Crippen LogP contribution >= 0.6 is 0 Å². The maximum Gasteiger partial charge on any atom is 0.297 e. The van der Waals surface area contributed by atoms with Crippen molar-refractivity contribution in [2.45, 2.75) is 81.0 Å². The number of amides is 1. The molecule has 3 atom stereocenters. The molecule has 7 heterocycles. The zero-order valence-electron chi connectivity index (χ0n) is 36.9. The summed E-state index contributed by atoms with van der Waals surface area (Å²) in [6.45, 7) is 7.11. The van der Waals surface area contributed by atoms with Crippen LogP contribution in [0.2, 0.25) is 0 Å². The molecule has 66 heavy (non-hydrogen) atoms. The number of aryl methyl sites for hydroxylation is 1. The first-order valence-corrected chi connectivity index (χ1v) is 24.6. The van der Waals surface area contributed by atoms with E-state index in [-0.39, 0.29) is 30.2 Å². The number of ether oxygens (including phenoxy) is 4. The summed E-state index contributed by atoms with van der Waals surface area (Å²) >= 11 is 0. The summed E-state index contributed by atoms with van der Waals surface area (Å²) in [6, 6.07) is 21.0. The lowest BCUT2D eigenvalue weighted by Gasteiger charge is -2.56. The van der Waals surface area contributed by atoms with Gasteiger partial charge in [0.2, 0.25) is 5.88 Å². The van der Waals surface area contributed by atoms with Crippen molar-refractivity contribution in [1.29, 1.82) is 0 Å². The van der Waals surface area contributed by atoms with Crippen LogP contribution in [-0.2, 0) is 19.5 Å². The first kappa shape index (κ1) is 42.7. The fraction of sp³-hybridized carbons (Fsp3) is 0.458. The highest BCUT2D eigenvalue weighted by Crippen LogP contribution is 2.54. The number of benzene rings is 3. The minimum absolute atomic E-state index is 0.0250. The van der Waals surface area contributed by atoms with Crippen molar-refractivity contribution in [3.05, 3.63) is 99.7 Å². The third-order valence-electron chi connectivity index (χ3n) is 14.7. The Balaban J connectivity index is 0.863. The maximum absolute atomic E-state index is 14.5. The number of H-pyrrole nitrogens is 1. The number of rotatable bonds is 9. The number of carbonyl (C=O) groups excluding carboxylic acids is 1. The van der Waals surface area contributed by atoms with Gasteiger partial charge in [-0.1, -0.05) is 24.3 Å². The van der Waals surface area contributed by atoms with Crippen molar-refractivity contribution in [2.75, 3.05) is 74.3 Å². The predicted octanol–water partition coefficient (Wildman–Crippen LogP) is 6.99. The van der Waals surface area contributed by atoms with Gasteiger partial charge in [0.25, 0.3) is 21.6 Å². The number of nitrogens with one attached hydrogen (secondary N) is 3. The average molecular weight is 919 g/mol. The number of nitro benzene ring substituents is 1. The molecule has 18 heteroatoms. The first-order valence-electron chi connectivity index (χ1n) is 23.1. The molecule has 3 N–H and O–H groups in total. The molecule has 0 bridgehead atoms. The van der Waals surface area contributed by atoms with Crippen molar-refractivity contribution in [3.8, 4) is 11.6 Å². The third-order valence-corrected chi connectivity index (χ3v) is 16.0. The van der Waals surface area contributed by atoms with E-state index in [0.717, 1.165) is 49.6 Å². The summed E-state index contributed by atoms with van der Waals surface area (Å²) in [5.74, 6) is -0.520.